The van der Waals surface area contributed by atoms with E-state index in [1.54, 1.807) is 6.07 Å². The number of fused-ring (bicyclic) bond motifs is 1. The highest BCUT2D eigenvalue weighted by atomic mass is 127. The molecule has 0 saturated heterocycles. The first-order chi connectivity index (χ1) is 6.22. The normalized spacial score (nSPS) is 11.9. The van der Waals surface area contributed by atoms with Crippen molar-refractivity contribution < 1.29 is 0 Å². The Labute approximate surface area is 95.2 Å². The summed E-state index contributed by atoms with van der Waals surface area (Å²) in [7, 11) is 0. The van der Waals surface area contributed by atoms with Crippen LogP contribution in [-0.4, -0.2) is 14.5 Å². The van der Waals surface area contributed by atoms with Gasteiger partial charge in [-0.1, -0.05) is 11.6 Å². The molecule has 0 aromatic carbocycles. The third kappa shape index (κ3) is 1.67. The van der Waals surface area contributed by atoms with Gasteiger partial charge >= 0.3 is 0 Å². The molecule has 0 fully saturated rings. The second-order valence-corrected chi connectivity index (χ2v) is 5.01. The highest BCUT2D eigenvalue weighted by Gasteiger charge is 2.07. The first-order valence-electron chi connectivity index (χ1n) is 3.61. The lowest BCUT2D eigenvalue weighted by atomic mass is 10.3. The zero-order valence-electron chi connectivity index (χ0n) is 6.75. The van der Waals surface area contributed by atoms with Gasteiger partial charge in [-0.15, -0.1) is 0 Å². The molecule has 0 radical (unpaired) electrons. The maximum absolute atomic E-state index is 5.81. The third-order valence-electron chi connectivity index (χ3n) is 1.76. The molecule has 13 heavy (non-hydrogen) atoms. The number of aromatic nitrogens is 3. The number of hydrogen-bond acceptors (Lipinski definition) is 2. The molecule has 0 amide bonds. The van der Waals surface area contributed by atoms with E-state index in [-0.39, 0.29) is 0 Å². The standard InChI is InChI=1S/C7H6ClIN3P/c1-4-5-2-3-6(8)10-7(5)12(11-4)13-9/h2-3,13H,1H3. The summed E-state index contributed by atoms with van der Waals surface area (Å²) < 4.78 is 1.87. The van der Waals surface area contributed by atoms with E-state index in [0.29, 0.717) is 11.5 Å². The Hall–Kier alpha value is 0.0700. The SMILES string of the molecule is Cc1nn(PI)c2nc(Cl)ccc12. The summed E-state index contributed by atoms with van der Waals surface area (Å²) in [6.07, 6.45) is 0.555. The van der Waals surface area contributed by atoms with Crippen molar-refractivity contribution in [3.8, 4) is 0 Å². The van der Waals surface area contributed by atoms with Gasteiger partial charge in [0.25, 0.3) is 0 Å². The Kier molecular flexibility index (Phi) is 2.72. The topological polar surface area (TPSA) is 30.7 Å². The van der Waals surface area contributed by atoms with E-state index in [9.17, 15) is 0 Å². The van der Waals surface area contributed by atoms with Gasteiger partial charge in [0.05, 0.1) is 12.1 Å². The Morgan fingerprint density at radius 3 is 3.00 bits per heavy atom. The van der Waals surface area contributed by atoms with E-state index in [2.05, 4.69) is 32.1 Å². The molecular weight excluding hydrogens is 319 g/mol. The van der Waals surface area contributed by atoms with Crippen molar-refractivity contribution in [2.75, 3.05) is 0 Å². The molecule has 3 nitrogen and oxygen atoms in total. The van der Waals surface area contributed by atoms with Crippen molar-refractivity contribution in [3.05, 3.63) is 23.0 Å². The van der Waals surface area contributed by atoms with Crippen molar-refractivity contribution in [2.45, 2.75) is 6.92 Å². The van der Waals surface area contributed by atoms with Crippen molar-refractivity contribution in [1.82, 2.24) is 14.5 Å². The van der Waals surface area contributed by atoms with Crippen molar-refractivity contribution in [3.63, 3.8) is 0 Å². The van der Waals surface area contributed by atoms with Gasteiger partial charge in [-0.2, -0.15) is 5.10 Å². The van der Waals surface area contributed by atoms with Gasteiger partial charge in [-0.25, -0.2) is 9.44 Å². The van der Waals surface area contributed by atoms with Crippen LogP contribution in [0.4, 0.5) is 0 Å². The fraction of sp³-hybridized carbons (Fsp3) is 0.143. The molecule has 2 aromatic heterocycles. The summed E-state index contributed by atoms with van der Waals surface area (Å²) in [6.45, 7) is 1.98. The number of hydrogen-bond donors (Lipinski definition) is 0. The van der Waals surface area contributed by atoms with E-state index >= 15 is 0 Å². The van der Waals surface area contributed by atoms with Gasteiger partial charge in [0.1, 0.15) is 5.15 Å². The minimum atomic E-state index is 0.517. The van der Waals surface area contributed by atoms with Crippen LogP contribution in [-0.2, 0) is 0 Å². The minimum Gasteiger partial charge on any atom is -0.219 e. The molecule has 0 aliphatic carbocycles. The molecule has 0 bridgehead atoms. The van der Waals surface area contributed by atoms with Crippen LogP contribution in [0.5, 0.6) is 0 Å². The number of nitrogens with zero attached hydrogens (tertiary/aromatic N) is 3. The Morgan fingerprint density at radius 2 is 2.31 bits per heavy atom. The molecule has 2 heterocycles. The maximum atomic E-state index is 5.81. The lowest BCUT2D eigenvalue weighted by Gasteiger charge is -1.95. The summed E-state index contributed by atoms with van der Waals surface area (Å²) in [5.41, 5.74) is 1.88. The zero-order valence-corrected chi connectivity index (χ0v) is 10.7. The van der Waals surface area contributed by atoms with E-state index in [1.165, 1.54) is 0 Å². The van der Waals surface area contributed by atoms with Gasteiger partial charge in [-0.3, -0.25) is 0 Å². The maximum Gasteiger partial charge on any atom is 0.163 e. The molecule has 0 aliphatic heterocycles. The molecule has 0 aliphatic rings. The smallest absolute Gasteiger partial charge is 0.163 e. The monoisotopic (exact) mass is 325 g/mol. The highest BCUT2D eigenvalue weighted by molar-refractivity contribution is 14.2. The number of aryl methyl sites for hydroxylation is 1. The lowest BCUT2D eigenvalue weighted by Crippen LogP contribution is -1.85. The zero-order chi connectivity index (χ0) is 9.42. The van der Waals surface area contributed by atoms with Crippen molar-refractivity contribution in [1.29, 1.82) is 0 Å². The summed E-state index contributed by atoms with van der Waals surface area (Å²) in [5.74, 6) is 0. The average Bonchev–Trinajstić information content (AvgIpc) is 2.42. The van der Waals surface area contributed by atoms with E-state index in [1.807, 2.05) is 17.4 Å². The van der Waals surface area contributed by atoms with Crippen LogP contribution in [0, 0.1) is 6.92 Å². The van der Waals surface area contributed by atoms with Crippen LogP contribution in [0.25, 0.3) is 11.0 Å². The fourth-order valence-corrected chi connectivity index (χ4v) is 2.77. The largest absolute Gasteiger partial charge is 0.219 e. The second-order valence-electron chi connectivity index (χ2n) is 2.59. The Bertz CT molecular complexity index is 456. The van der Waals surface area contributed by atoms with E-state index < -0.39 is 0 Å². The van der Waals surface area contributed by atoms with Crippen LogP contribution in [0.1, 0.15) is 5.69 Å². The van der Waals surface area contributed by atoms with Gasteiger partial charge in [-0.05, 0) is 41.1 Å². The molecule has 1 unspecified atom stereocenters. The molecule has 2 aromatic rings. The van der Waals surface area contributed by atoms with Crippen LogP contribution < -0.4 is 0 Å². The molecular formula is C7H6ClIN3P. The van der Waals surface area contributed by atoms with Crippen LogP contribution >= 0.6 is 40.0 Å². The minimum absolute atomic E-state index is 0.517. The van der Waals surface area contributed by atoms with E-state index in [4.69, 9.17) is 11.6 Å². The summed E-state index contributed by atoms with van der Waals surface area (Å²) in [5, 5.41) is 5.94. The van der Waals surface area contributed by atoms with Gasteiger partial charge in [0, 0.05) is 5.39 Å². The summed E-state index contributed by atoms with van der Waals surface area (Å²) in [6, 6.07) is 3.75. The van der Waals surface area contributed by atoms with Crippen LogP contribution in [0.3, 0.4) is 0 Å². The van der Waals surface area contributed by atoms with Gasteiger partial charge in [0.15, 0.2) is 5.65 Å². The quantitative estimate of drug-likeness (QED) is 0.458. The number of rotatable bonds is 1. The summed E-state index contributed by atoms with van der Waals surface area (Å²) >= 11 is 8.08. The first-order valence-corrected chi connectivity index (χ1v) is 8.05. The van der Waals surface area contributed by atoms with Crippen LogP contribution in [0.15, 0.2) is 12.1 Å². The molecule has 68 valence electrons. The third-order valence-corrected chi connectivity index (χ3v) is 3.81. The van der Waals surface area contributed by atoms with Crippen molar-refractivity contribution >= 4 is 51.0 Å². The Morgan fingerprint density at radius 1 is 1.54 bits per heavy atom. The van der Waals surface area contributed by atoms with Gasteiger partial charge < -0.3 is 0 Å². The lowest BCUT2D eigenvalue weighted by molar-refractivity contribution is 0.990. The molecule has 1 atom stereocenters. The highest BCUT2D eigenvalue weighted by Crippen LogP contribution is 2.29. The van der Waals surface area contributed by atoms with Gasteiger partial charge in [0.2, 0.25) is 0 Å². The number of pyridine rings is 1. The second kappa shape index (κ2) is 3.67. The molecule has 0 saturated carbocycles. The fourth-order valence-electron chi connectivity index (χ4n) is 1.18. The Balaban J connectivity index is 2.81. The predicted molar refractivity (Wildman–Crippen MR) is 65.0 cm³/mol. The summed E-state index contributed by atoms with van der Waals surface area (Å²) in [4.78, 5) is 4.24. The molecule has 0 N–H and O–H groups in total. The molecule has 2 rings (SSSR count). The molecule has 0 spiro atoms. The van der Waals surface area contributed by atoms with Crippen LogP contribution in [0.2, 0.25) is 5.15 Å². The predicted octanol–water partition coefficient (Wildman–Crippen LogP) is 3.18. The van der Waals surface area contributed by atoms with E-state index in [0.717, 1.165) is 16.7 Å². The average molecular weight is 325 g/mol. The van der Waals surface area contributed by atoms with Crippen molar-refractivity contribution in [2.24, 2.45) is 0 Å². The molecule has 6 heteroatoms. The number of halogens is 2. The first kappa shape index (κ1) is 9.62.